The molecule has 3 fully saturated rings. The molecule has 2 amide bonds. The van der Waals surface area contributed by atoms with Crippen LogP contribution in [-0.2, 0) is 14.3 Å². The molecule has 39 heavy (non-hydrogen) atoms. The average Bonchev–Trinajstić information content (AvgIpc) is 3.33. The zero-order valence-electron chi connectivity index (χ0n) is 23.0. The van der Waals surface area contributed by atoms with E-state index in [0.717, 1.165) is 61.1 Å². The van der Waals surface area contributed by atoms with Crippen molar-refractivity contribution in [3.8, 4) is 0 Å². The van der Waals surface area contributed by atoms with Crippen LogP contribution in [0.2, 0.25) is 0 Å². The molecule has 0 radical (unpaired) electrons. The first-order valence-electron chi connectivity index (χ1n) is 14.1. The Morgan fingerprint density at radius 3 is 2.62 bits per heavy atom. The maximum Gasteiger partial charge on any atom is 0.313 e. The van der Waals surface area contributed by atoms with Gasteiger partial charge in [0.25, 0.3) is 0 Å². The molecule has 5 heterocycles. The Morgan fingerprint density at radius 1 is 1.08 bits per heavy atom. The molecule has 206 valence electrons. The van der Waals surface area contributed by atoms with Crippen LogP contribution in [-0.4, -0.2) is 71.5 Å². The van der Waals surface area contributed by atoms with Gasteiger partial charge in [-0.1, -0.05) is 13.0 Å². The van der Waals surface area contributed by atoms with E-state index in [1.807, 2.05) is 13.0 Å². The van der Waals surface area contributed by atoms with Crippen LogP contribution in [0, 0.1) is 12.8 Å². The third kappa shape index (κ3) is 5.44. The molecule has 3 aliphatic rings. The number of nitrogens with zero attached hydrogens (tertiary/aromatic N) is 4. The van der Waals surface area contributed by atoms with Gasteiger partial charge in [-0.3, -0.25) is 14.6 Å². The fourth-order valence-electron chi connectivity index (χ4n) is 6.09. The molecule has 2 atom stereocenters. The summed E-state index contributed by atoms with van der Waals surface area (Å²) < 4.78 is 6.51. The highest BCUT2D eigenvalue weighted by atomic mass is 32.1. The minimum absolute atomic E-state index is 0.142. The number of ether oxygens (including phenoxy) is 1. The number of carbonyl (C=O) groups is 2. The summed E-state index contributed by atoms with van der Waals surface area (Å²) >= 11 is 1.80. The summed E-state index contributed by atoms with van der Waals surface area (Å²) in [7, 11) is 2.18. The fraction of sp³-hybridized carbons (Fsp3) is 0.533. The van der Waals surface area contributed by atoms with E-state index < -0.39 is 11.8 Å². The standard InChI is InChI=1S/C30H37N5O3S/c1-18-4-6-26(21-5-7-27-25(12-21)33-29(39-27)20-8-10-34(3)11-9-20)35(15-18)30(37)28(36)32-23-13-24(19(2)31-14-23)22-16-38-17-22/h5,7,12-14,18,20,22,26H,4,6,8-11,15-17H2,1-3H3,(H,32,36)/t18-,26+/m0/s1. The molecule has 3 aromatic rings. The first kappa shape index (κ1) is 26.3. The second kappa shape index (κ2) is 10.9. The molecule has 8 nitrogen and oxygen atoms in total. The molecule has 6 rings (SSSR count). The fourth-order valence-corrected chi connectivity index (χ4v) is 7.20. The largest absolute Gasteiger partial charge is 0.380 e. The molecule has 3 aliphatic heterocycles. The average molecular weight is 548 g/mol. The van der Waals surface area contributed by atoms with Crippen molar-refractivity contribution >= 4 is 39.1 Å². The number of hydrogen-bond donors (Lipinski definition) is 1. The molecule has 1 aromatic carbocycles. The van der Waals surface area contributed by atoms with Gasteiger partial charge in [0.2, 0.25) is 0 Å². The van der Waals surface area contributed by atoms with Crippen LogP contribution in [0.5, 0.6) is 0 Å². The van der Waals surface area contributed by atoms with Gasteiger partial charge in [0.05, 0.1) is 46.4 Å². The summed E-state index contributed by atoms with van der Waals surface area (Å²) in [5.41, 5.74) is 4.59. The summed E-state index contributed by atoms with van der Waals surface area (Å²) in [4.78, 5) is 40.4. The Kier molecular flexibility index (Phi) is 7.39. The van der Waals surface area contributed by atoms with Crippen molar-refractivity contribution in [1.82, 2.24) is 19.8 Å². The third-order valence-electron chi connectivity index (χ3n) is 8.62. The monoisotopic (exact) mass is 547 g/mol. The Labute approximate surface area is 233 Å². The number of fused-ring (bicyclic) bond motifs is 1. The molecular weight excluding hydrogens is 510 g/mol. The summed E-state index contributed by atoms with van der Waals surface area (Å²) in [6.07, 6.45) is 5.76. The van der Waals surface area contributed by atoms with Crippen molar-refractivity contribution in [3.63, 3.8) is 0 Å². The number of rotatable bonds is 4. The molecule has 2 aromatic heterocycles. The Balaban J connectivity index is 1.20. The number of aryl methyl sites for hydroxylation is 1. The summed E-state index contributed by atoms with van der Waals surface area (Å²) in [6, 6.07) is 8.19. The van der Waals surface area contributed by atoms with Gasteiger partial charge in [-0.2, -0.15) is 0 Å². The molecule has 9 heteroatoms. The van der Waals surface area contributed by atoms with Crippen molar-refractivity contribution in [2.45, 2.75) is 57.4 Å². The van der Waals surface area contributed by atoms with E-state index >= 15 is 0 Å². The maximum absolute atomic E-state index is 13.5. The van der Waals surface area contributed by atoms with Crippen molar-refractivity contribution in [1.29, 1.82) is 0 Å². The van der Waals surface area contributed by atoms with Gasteiger partial charge in [0.1, 0.15) is 0 Å². The van der Waals surface area contributed by atoms with E-state index in [4.69, 9.17) is 9.72 Å². The zero-order chi connectivity index (χ0) is 27.1. The molecule has 0 saturated carbocycles. The molecule has 1 N–H and O–H groups in total. The van der Waals surface area contributed by atoms with Crippen molar-refractivity contribution in [2.24, 2.45) is 5.92 Å². The number of nitrogens with one attached hydrogen (secondary N) is 1. The van der Waals surface area contributed by atoms with Gasteiger partial charge in [-0.15, -0.1) is 11.3 Å². The van der Waals surface area contributed by atoms with Crippen LogP contribution < -0.4 is 5.32 Å². The number of benzene rings is 1. The smallest absolute Gasteiger partial charge is 0.313 e. The van der Waals surface area contributed by atoms with Crippen LogP contribution >= 0.6 is 11.3 Å². The minimum Gasteiger partial charge on any atom is -0.380 e. The quantitative estimate of drug-likeness (QED) is 0.470. The predicted octanol–water partition coefficient (Wildman–Crippen LogP) is 4.86. The highest BCUT2D eigenvalue weighted by Gasteiger charge is 2.35. The lowest BCUT2D eigenvalue weighted by molar-refractivity contribution is -0.146. The van der Waals surface area contributed by atoms with Crippen LogP contribution in [0.15, 0.2) is 30.5 Å². The van der Waals surface area contributed by atoms with E-state index in [1.54, 1.807) is 22.4 Å². The van der Waals surface area contributed by atoms with Crippen molar-refractivity contribution < 1.29 is 14.3 Å². The van der Waals surface area contributed by atoms with E-state index in [1.165, 1.54) is 9.71 Å². The van der Waals surface area contributed by atoms with Crippen LogP contribution in [0.3, 0.4) is 0 Å². The Bertz CT molecular complexity index is 1380. The highest BCUT2D eigenvalue weighted by Crippen LogP contribution is 2.38. The Hall–Kier alpha value is -2.88. The second-order valence-corrected chi connectivity index (χ2v) is 12.7. The lowest BCUT2D eigenvalue weighted by Gasteiger charge is -2.38. The minimum atomic E-state index is -0.616. The Morgan fingerprint density at radius 2 is 1.87 bits per heavy atom. The molecule has 0 aliphatic carbocycles. The predicted molar refractivity (Wildman–Crippen MR) is 153 cm³/mol. The number of carbonyl (C=O) groups excluding carboxylic acids is 2. The lowest BCUT2D eigenvalue weighted by Crippen LogP contribution is -2.46. The van der Waals surface area contributed by atoms with Gasteiger partial charge in [0, 0.05) is 24.1 Å². The number of anilines is 1. The van der Waals surface area contributed by atoms with Crippen LogP contribution in [0.1, 0.15) is 72.3 Å². The molecule has 3 saturated heterocycles. The van der Waals surface area contributed by atoms with Gasteiger partial charge >= 0.3 is 11.8 Å². The maximum atomic E-state index is 13.5. The van der Waals surface area contributed by atoms with Gasteiger partial charge in [0.15, 0.2) is 0 Å². The first-order valence-corrected chi connectivity index (χ1v) is 14.9. The lowest BCUT2D eigenvalue weighted by atomic mass is 9.89. The van der Waals surface area contributed by atoms with Gasteiger partial charge in [-0.25, -0.2) is 4.98 Å². The third-order valence-corrected chi connectivity index (χ3v) is 9.81. The number of aromatic nitrogens is 2. The van der Waals surface area contributed by atoms with Crippen LogP contribution in [0.25, 0.3) is 10.2 Å². The van der Waals surface area contributed by atoms with Crippen LogP contribution in [0.4, 0.5) is 5.69 Å². The SMILES string of the molecule is Cc1ncc(NC(=O)C(=O)N2C[C@@H](C)CC[C@@H]2c2ccc3sc(C4CCN(C)CC4)nc3c2)cc1C1COC1. The molecular formula is C30H37N5O3S. The first-order chi connectivity index (χ1) is 18.9. The zero-order valence-corrected chi connectivity index (χ0v) is 23.8. The molecule has 0 unspecified atom stereocenters. The number of thiazole rings is 1. The van der Waals surface area contributed by atoms with Gasteiger partial charge in [-0.05, 0) is 88.0 Å². The van der Waals surface area contributed by atoms with Crippen molar-refractivity contribution in [3.05, 3.63) is 52.3 Å². The molecule has 0 spiro atoms. The summed E-state index contributed by atoms with van der Waals surface area (Å²) in [5, 5.41) is 4.04. The number of pyridine rings is 1. The normalized spacial score (nSPS) is 23.1. The number of piperidine rings is 2. The number of likely N-dealkylation sites (tertiary alicyclic amines) is 2. The second-order valence-electron chi connectivity index (χ2n) is 11.6. The highest BCUT2D eigenvalue weighted by molar-refractivity contribution is 7.18. The van der Waals surface area contributed by atoms with Crippen molar-refractivity contribution in [2.75, 3.05) is 45.2 Å². The number of amides is 2. The summed E-state index contributed by atoms with van der Waals surface area (Å²) in [5.74, 6) is 0.0371. The summed E-state index contributed by atoms with van der Waals surface area (Å²) in [6.45, 7) is 8.21. The molecule has 0 bridgehead atoms. The van der Waals surface area contributed by atoms with E-state index in [-0.39, 0.29) is 12.0 Å². The van der Waals surface area contributed by atoms with Gasteiger partial charge < -0.3 is 19.9 Å². The van der Waals surface area contributed by atoms with E-state index in [9.17, 15) is 9.59 Å². The number of hydrogen-bond acceptors (Lipinski definition) is 7. The topological polar surface area (TPSA) is 87.7 Å². The van der Waals surface area contributed by atoms with E-state index in [0.29, 0.717) is 37.3 Å². The van der Waals surface area contributed by atoms with E-state index in [2.05, 4.69) is 47.4 Å².